The van der Waals surface area contributed by atoms with Crippen LogP contribution in [0, 0.1) is 17.7 Å². The number of rotatable bonds is 15. The first-order valence-electron chi connectivity index (χ1n) is 17.2. The number of alkyl carbamates (subject to hydrolysis) is 1. The minimum absolute atomic E-state index is 0.0354. The first kappa shape index (κ1) is 38.4. The summed E-state index contributed by atoms with van der Waals surface area (Å²) in [6.45, 7) is 5.45. The molecule has 0 radical (unpaired) electrons. The number of fused-ring (bicyclic) bond motifs is 2. The Bertz CT molecular complexity index is 1520. The number of halogens is 1. The van der Waals surface area contributed by atoms with Crippen molar-refractivity contribution >= 4 is 17.4 Å². The maximum absolute atomic E-state index is 13.1. The molecule has 51 heavy (non-hydrogen) atoms. The summed E-state index contributed by atoms with van der Waals surface area (Å²) in [6.07, 6.45) is -0.234. The smallest absolute Gasteiger partial charge is 0.407 e. The number of benzene rings is 3. The lowest BCUT2D eigenvalue weighted by Crippen LogP contribution is -2.51. The summed E-state index contributed by atoms with van der Waals surface area (Å²) in [4.78, 5) is 12.9. The lowest BCUT2D eigenvalue weighted by molar-refractivity contribution is -0.0907. The Kier molecular flexibility index (Phi) is 14.4. The van der Waals surface area contributed by atoms with Crippen LogP contribution in [0.2, 0.25) is 0 Å². The fourth-order valence-electron chi connectivity index (χ4n) is 6.03. The van der Waals surface area contributed by atoms with Gasteiger partial charge < -0.3 is 43.4 Å². The Balaban J connectivity index is 0.000000480. The standard InChI is InChI=1S/C30H41FN2O8S.C7H6O2/c1-20(2)17-33(42(36)37)18-27(34)26(32-30(35)41-28-19-40-29-25(28)13-15-39-29)16-22-7-11-24(12-8-22)38-14-3-4-21-5-9-23(31)10-6-21;1-2-4-7-6(3-1)8-5-9-7/h5-12,20,25-29,34H,3-4,13-19H2,1-2H3,(H,32,35)(H,36,37);1-4H,5H2/p-1/t25-,26-,27+,28-,29+;/m0./s1. The van der Waals surface area contributed by atoms with Crippen LogP contribution in [0.25, 0.3) is 0 Å². The number of nitrogens with one attached hydrogen (secondary N) is 1. The number of ether oxygens (including phenoxy) is 6. The van der Waals surface area contributed by atoms with Crippen molar-refractivity contribution in [1.29, 1.82) is 0 Å². The van der Waals surface area contributed by atoms with E-state index in [2.05, 4.69) is 5.32 Å². The van der Waals surface area contributed by atoms with Crippen molar-refractivity contribution in [2.75, 3.05) is 39.7 Å². The molecule has 0 bridgehead atoms. The highest BCUT2D eigenvalue weighted by Gasteiger charge is 2.44. The molecule has 6 atom stereocenters. The lowest BCUT2D eigenvalue weighted by atomic mass is 10.0. The second kappa shape index (κ2) is 19.2. The van der Waals surface area contributed by atoms with Gasteiger partial charge in [-0.25, -0.2) is 13.5 Å². The van der Waals surface area contributed by atoms with Gasteiger partial charge >= 0.3 is 6.09 Å². The summed E-state index contributed by atoms with van der Waals surface area (Å²) < 4.78 is 70.5. The predicted octanol–water partition coefficient (Wildman–Crippen LogP) is 4.76. The van der Waals surface area contributed by atoms with Crippen LogP contribution >= 0.6 is 0 Å². The molecule has 0 spiro atoms. The molecule has 2 fully saturated rings. The molecule has 1 amide bonds. The van der Waals surface area contributed by atoms with Gasteiger partial charge in [-0.2, -0.15) is 0 Å². The highest BCUT2D eigenvalue weighted by Crippen LogP contribution is 2.33. The number of aliphatic hydroxyl groups excluding tert-OH is 1. The van der Waals surface area contributed by atoms with Gasteiger partial charge in [0, 0.05) is 24.4 Å². The van der Waals surface area contributed by atoms with Gasteiger partial charge in [0.2, 0.25) is 6.79 Å². The van der Waals surface area contributed by atoms with Crippen LogP contribution in [0.3, 0.4) is 0 Å². The Labute approximate surface area is 300 Å². The average molecular weight is 730 g/mol. The highest BCUT2D eigenvalue weighted by atomic mass is 32.2. The third-order valence-electron chi connectivity index (χ3n) is 8.63. The van der Waals surface area contributed by atoms with Crippen LogP contribution < -0.4 is 19.5 Å². The van der Waals surface area contributed by atoms with Crippen LogP contribution in [0.1, 0.15) is 37.8 Å². The molecule has 0 aromatic heterocycles. The first-order chi connectivity index (χ1) is 24.6. The second-order valence-electron chi connectivity index (χ2n) is 13.0. The number of hydrogen-bond acceptors (Lipinski definition) is 10. The Morgan fingerprint density at radius 2 is 1.71 bits per heavy atom. The number of nitrogens with zero attached hydrogens (tertiary/aromatic N) is 1. The van der Waals surface area contributed by atoms with Gasteiger partial charge in [-0.05, 0) is 79.1 Å². The van der Waals surface area contributed by atoms with Crippen molar-refractivity contribution in [3.63, 3.8) is 0 Å². The molecular formula is C37H46FN2O10S-. The third kappa shape index (κ3) is 11.9. The molecular weight excluding hydrogens is 683 g/mol. The molecule has 3 aromatic rings. The van der Waals surface area contributed by atoms with Crippen molar-refractivity contribution in [1.82, 2.24) is 9.62 Å². The maximum atomic E-state index is 13.1. The molecule has 278 valence electrons. The van der Waals surface area contributed by atoms with Crippen LogP contribution in [-0.4, -0.2) is 88.5 Å². The summed E-state index contributed by atoms with van der Waals surface area (Å²) in [6, 6.07) is 20.5. The zero-order valence-corrected chi connectivity index (χ0v) is 29.6. The zero-order valence-electron chi connectivity index (χ0n) is 28.8. The maximum Gasteiger partial charge on any atom is 0.407 e. The number of para-hydroxylation sites is 2. The van der Waals surface area contributed by atoms with E-state index >= 15 is 0 Å². The van der Waals surface area contributed by atoms with Gasteiger partial charge in [0.15, 0.2) is 17.8 Å². The Morgan fingerprint density at radius 3 is 2.37 bits per heavy atom. The van der Waals surface area contributed by atoms with E-state index in [0.29, 0.717) is 25.8 Å². The molecule has 2 N–H and O–H groups in total. The van der Waals surface area contributed by atoms with Gasteiger partial charge in [0.1, 0.15) is 17.7 Å². The minimum Gasteiger partial charge on any atom is -0.760 e. The van der Waals surface area contributed by atoms with Crippen molar-refractivity contribution in [2.45, 2.75) is 64.1 Å². The largest absolute Gasteiger partial charge is 0.760 e. The molecule has 3 aliphatic rings. The summed E-state index contributed by atoms with van der Waals surface area (Å²) in [7, 11) is 0. The fourth-order valence-corrected chi connectivity index (χ4v) is 6.73. The second-order valence-corrected chi connectivity index (χ2v) is 14.0. The SMILES string of the molecule is CC(C)CN(C[C@@H](O)[C@H](Cc1ccc(OCCCc2ccc(F)cc2)cc1)NC(=O)O[C@H]1CO[C@H]2OCC[C@H]21)S(=O)[O-].c1ccc2c(c1)OCO2. The minimum atomic E-state index is -2.53. The molecule has 3 heterocycles. The fraction of sp³-hybridized carbons (Fsp3) is 0.486. The van der Waals surface area contributed by atoms with Crippen molar-refractivity contribution in [2.24, 2.45) is 11.8 Å². The van der Waals surface area contributed by atoms with Crippen molar-refractivity contribution < 1.29 is 51.5 Å². The van der Waals surface area contributed by atoms with Gasteiger partial charge in [-0.15, -0.1) is 0 Å². The van der Waals surface area contributed by atoms with Crippen molar-refractivity contribution in [3.05, 3.63) is 89.7 Å². The number of aryl methyl sites for hydroxylation is 1. The van der Waals surface area contributed by atoms with E-state index in [9.17, 15) is 23.1 Å². The Morgan fingerprint density at radius 1 is 1.02 bits per heavy atom. The van der Waals surface area contributed by atoms with E-state index < -0.39 is 35.6 Å². The number of carbonyl (C=O) groups excluding carboxylic acids is 1. The van der Waals surface area contributed by atoms with E-state index in [1.807, 2.05) is 62.4 Å². The number of amides is 1. The van der Waals surface area contributed by atoms with Crippen LogP contribution in [0.4, 0.5) is 9.18 Å². The molecule has 12 nitrogen and oxygen atoms in total. The molecule has 3 aliphatic heterocycles. The quantitative estimate of drug-likeness (QED) is 0.166. The van der Waals surface area contributed by atoms with Gasteiger partial charge in [0.05, 0.1) is 37.9 Å². The van der Waals surface area contributed by atoms with Gasteiger partial charge in [-0.1, -0.05) is 50.2 Å². The lowest BCUT2D eigenvalue weighted by Gasteiger charge is -2.32. The molecule has 6 rings (SSSR count). The van der Waals surface area contributed by atoms with Crippen LogP contribution in [0.5, 0.6) is 17.2 Å². The predicted molar refractivity (Wildman–Crippen MR) is 185 cm³/mol. The number of carbonyl (C=O) groups is 1. The molecule has 14 heteroatoms. The summed E-state index contributed by atoms with van der Waals surface area (Å²) >= 11 is -2.53. The molecule has 3 aromatic carbocycles. The molecule has 0 aliphatic carbocycles. The van der Waals surface area contributed by atoms with E-state index in [1.54, 1.807) is 12.1 Å². The summed E-state index contributed by atoms with van der Waals surface area (Å²) in [5.74, 6) is 2.12. The van der Waals surface area contributed by atoms with Crippen LogP contribution in [0.15, 0.2) is 72.8 Å². The molecule has 1 unspecified atom stereocenters. The summed E-state index contributed by atoms with van der Waals surface area (Å²) in [5.41, 5.74) is 1.85. The van der Waals surface area contributed by atoms with Gasteiger partial charge in [-0.3, -0.25) is 4.21 Å². The zero-order chi connectivity index (χ0) is 36.2. The van der Waals surface area contributed by atoms with Crippen LogP contribution in [-0.2, 0) is 38.3 Å². The van der Waals surface area contributed by atoms with Crippen molar-refractivity contribution in [3.8, 4) is 17.2 Å². The number of aliphatic hydroxyl groups is 1. The third-order valence-corrected chi connectivity index (χ3v) is 9.35. The van der Waals surface area contributed by atoms with E-state index in [-0.39, 0.29) is 50.1 Å². The van der Waals surface area contributed by atoms with E-state index in [0.717, 1.165) is 46.2 Å². The topological polar surface area (TPSA) is 148 Å². The number of hydrogen-bond donors (Lipinski definition) is 2. The van der Waals surface area contributed by atoms with Gasteiger partial charge in [0.25, 0.3) is 0 Å². The Hall–Kier alpha value is -3.79. The monoisotopic (exact) mass is 729 g/mol. The average Bonchev–Trinajstić information content (AvgIpc) is 3.87. The molecule has 0 saturated carbocycles. The first-order valence-corrected chi connectivity index (χ1v) is 18.2. The normalized spacial score (nSPS) is 20.6. The summed E-state index contributed by atoms with van der Waals surface area (Å²) in [5, 5.41) is 13.8. The highest BCUT2D eigenvalue weighted by molar-refractivity contribution is 7.76. The van der Waals surface area contributed by atoms with E-state index in [4.69, 9.17) is 28.4 Å². The molecule has 2 saturated heterocycles. The van der Waals surface area contributed by atoms with E-state index in [1.165, 1.54) is 12.1 Å².